The topological polar surface area (TPSA) is 78.5 Å². The number of rotatable bonds is 6. The molecule has 0 fully saturated rings. The van der Waals surface area contributed by atoms with Crippen molar-refractivity contribution in [3.05, 3.63) is 0 Å². The first-order chi connectivity index (χ1) is 5.61. The molecule has 0 rings (SSSR count). The zero-order valence-electron chi connectivity index (χ0n) is 7.88. The average molecular weight is 176 g/mol. The fraction of sp³-hybridized carbons (Fsp3) is 1.00. The lowest BCUT2D eigenvalue weighted by molar-refractivity contribution is 0.141. The summed E-state index contributed by atoms with van der Waals surface area (Å²) >= 11 is 0. The van der Waals surface area contributed by atoms with Crippen LogP contribution in [-0.4, -0.2) is 41.6 Å². The maximum absolute atomic E-state index is 9.00. The van der Waals surface area contributed by atoms with Gasteiger partial charge in [0.15, 0.2) is 0 Å². The Balaban J connectivity index is 3.99. The molecule has 0 bridgehead atoms. The molecule has 0 aliphatic carbocycles. The summed E-state index contributed by atoms with van der Waals surface area (Å²) < 4.78 is 0. The molecule has 4 nitrogen and oxygen atoms in total. The van der Waals surface area contributed by atoms with Gasteiger partial charge in [0.25, 0.3) is 0 Å². The summed E-state index contributed by atoms with van der Waals surface area (Å²) in [7, 11) is 0. The van der Waals surface area contributed by atoms with Gasteiger partial charge >= 0.3 is 0 Å². The van der Waals surface area contributed by atoms with E-state index in [9.17, 15) is 0 Å². The van der Waals surface area contributed by atoms with Crippen LogP contribution in [0.1, 0.15) is 20.3 Å². The van der Waals surface area contributed by atoms with E-state index in [0.29, 0.717) is 6.54 Å². The van der Waals surface area contributed by atoms with Crippen LogP contribution in [0.5, 0.6) is 0 Å². The molecule has 0 heterocycles. The van der Waals surface area contributed by atoms with Crippen LogP contribution in [0.25, 0.3) is 0 Å². The predicted octanol–water partition coefficient (Wildman–Crippen LogP) is -0.943. The lowest BCUT2D eigenvalue weighted by Gasteiger charge is -2.31. The molecule has 4 heteroatoms. The second kappa shape index (κ2) is 5.48. The van der Waals surface area contributed by atoms with Crippen molar-refractivity contribution in [3.8, 4) is 0 Å². The van der Waals surface area contributed by atoms with Gasteiger partial charge in [0.05, 0.1) is 18.8 Å². The van der Waals surface area contributed by atoms with Crippen molar-refractivity contribution in [3.63, 3.8) is 0 Å². The van der Waals surface area contributed by atoms with Gasteiger partial charge in [-0.2, -0.15) is 0 Å². The molecule has 0 spiro atoms. The van der Waals surface area contributed by atoms with E-state index < -0.39 is 5.54 Å². The Morgan fingerprint density at radius 1 is 1.50 bits per heavy atom. The number of nitrogens with two attached hydrogens (primary N) is 1. The van der Waals surface area contributed by atoms with E-state index in [-0.39, 0.29) is 19.3 Å². The maximum atomic E-state index is 9.00. The SMILES string of the molecule is CCC(CO)NC(C)(CN)CO. The summed E-state index contributed by atoms with van der Waals surface area (Å²) in [5.74, 6) is 0. The second-order valence-electron chi connectivity index (χ2n) is 3.35. The summed E-state index contributed by atoms with van der Waals surface area (Å²) in [5, 5.41) is 21.0. The Morgan fingerprint density at radius 3 is 2.33 bits per heavy atom. The van der Waals surface area contributed by atoms with E-state index >= 15 is 0 Å². The fourth-order valence-corrected chi connectivity index (χ4v) is 0.939. The molecule has 74 valence electrons. The minimum Gasteiger partial charge on any atom is -0.395 e. The molecule has 12 heavy (non-hydrogen) atoms. The van der Waals surface area contributed by atoms with Gasteiger partial charge in [-0.15, -0.1) is 0 Å². The monoisotopic (exact) mass is 176 g/mol. The van der Waals surface area contributed by atoms with Crippen LogP contribution < -0.4 is 11.1 Å². The van der Waals surface area contributed by atoms with Crippen LogP contribution in [0.3, 0.4) is 0 Å². The zero-order valence-corrected chi connectivity index (χ0v) is 7.88. The zero-order chi connectivity index (χ0) is 9.61. The minimum absolute atomic E-state index is 0.0139. The van der Waals surface area contributed by atoms with E-state index in [4.69, 9.17) is 15.9 Å². The van der Waals surface area contributed by atoms with Gasteiger partial charge in [0, 0.05) is 12.6 Å². The van der Waals surface area contributed by atoms with Crippen LogP contribution in [-0.2, 0) is 0 Å². The van der Waals surface area contributed by atoms with E-state index in [1.54, 1.807) is 0 Å². The molecular weight excluding hydrogens is 156 g/mol. The van der Waals surface area contributed by atoms with Crippen molar-refractivity contribution in [1.29, 1.82) is 0 Å². The smallest absolute Gasteiger partial charge is 0.0623 e. The number of hydrogen-bond acceptors (Lipinski definition) is 4. The number of aliphatic hydroxyl groups is 2. The molecule has 0 aromatic heterocycles. The van der Waals surface area contributed by atoms with E-state index in [0.717, 1.165) is 6.42 Å². The van der Waals surface area contributed by atoms with Crippen molar-refractivity contribution in [2.24, 2.45) is 5.73 Å². The van der Waals surface area contributed by atoms with Crippen molar-refractivity contribution in [2.45, 2.75) is 31.8 Å². The van der Waals surface area contributed by atoms with Crippen molar-refractivity contribution in [2.75, 3.05) is 19.8 Å². The van der Waals surface area contributed by atoms with Crippen LogP contribution in [0.15, 0.2) is 0 Å². The van der Waals surface area contributed by atoms with Gasteiger partial charge in [-0.1, -0.05) is 6.92 Å². The summed E-state index contributed by atoms with van der Waals surface area (Å²) in [4.78, 5) is 0. The van der Waals surface area contributed by atoms with Gasteiger partial charge in [-0.25, -0.2) is 0 Å². The number of nitrogens with one attached hydrogen (secondary N) is 1. The third-order valence-electron chi connectivity index (χ3n) is 2.07. The molecule has 0 amide bonds. The number of hydrogen-bond donors (Lipinski definition) is 4. The molecule has 2 atom stereocenters. The lowest BCUT2D eigenvalue weighted by Crippen LogP contribution is -2.56. The highest BCUT2D eigenvalue weighted by Gasteiger charge is 2.23. The molecule has 0 aromatic carbocycles. The molecule has 0 aliphatic rings. The summed E-state index contributed by atoms with van der Waals surface area (Å²) in [6.07, 6.45) is 0.825. The molecular formula is C8H20N2O2. The van der Waals surface area contributed by atoms with Gasteiger partial charge in [0.1, 0.15) is 0 Å². The van der Waals surface area contributed by atoms with Gasteiger partial charge < -0.3 is 21.3 Å². The van der Waals surface area contributed by atoms with Crippen LogP contribution >= 0.6 is 0 Å². The first-order valence-electron chi connectivity index (χ1n) is 4.31. The Morgan fingerprint density at radius 2 is 2.08 bits per heavy atom. The highest BCUT2D eigenvalue weighted by molar-refractivity contribution is 4.86. The van der Waals surface area contributed by atoms with E-state index in [1.165, 1.54) is 0 Å². The lowest BCUT2D eigenvalue weighted by atomic mass is 10.0. The third-order valence-corrected chi connectivity index (χ3v) is 2.07. The first kappa shape index (κ1) is 11.8. The van der Waals surface area contributed by atoms with Gasteiger partial charge in [0.2, 0.25) is 0 Å². The quantitative estimate of drug-likeness (QED) is 0.421. The predicted molar refractivity (Wildman–Crippen MR) is 48.8 cm³/mol. The molecule has 0 radical (unpaired) electrons. The van der Waals surface area contributed by atoms with Gasteiger partial charge in [-0.3, -0.25) is 0 Å². The Hall–Kier alpha value is -0.160. The molecule has 2 unspecified atom stereocenters. The Kier molecular flexibility index (Phi) is 5.41. The number of aliphatic hydroxyl groups excluding tert-OH is 2. The molecule has 0 aromatic rings. The fourth-order valence-electron chi connectivity index (χ4n) is 0.939. The minimum atomic E-state index is -0.469. The molecule has 0 aliphatic heterocycles. The third kappa shape index (κ3) is 3.49. The summed E-state index contributed by atoms with van der Waals surface area (Å²) in [6.45, 7) is 4.24. The summed E-state index contributed by atoms with van der Waals surface area (Å²) in [5.41, 5.74) is 5.00. The van der Waals surface area contributed by atoms with Crippen molar-refractivity contribution >= 4 is 0 Å². The first-order valence-corrected chi connectivity index (χ1v) is 4.31. The molecule has 0 saturated carbocycles. The van der Waals surface area contributed by atoms with Gasteiger partial charge in [-0.05, 0) is 13.3 Å². The van der Waals surface area contributed by atoms with Crippen molar-refractivity contribution < 1.29 is 10.2 Å². The average Bonchev–Trinajstić information content (AvgIpc) is 2.14. The molecule has 0 saturated heterocycles. The Bertz CT molecular complexity index is 112. The maximum Gasteiger partial charge on any atom is 0.0623 e. The van der Waals surface area contributed by atoms with Crippen LogP contribution in [0.2, 0.25) is 0 Å². The largest absolute Gasteiger partial charge is 0.395 e. The summed E-state index contributed by atoms with van der Waals surface area (Å²) in [6, 6.07) is 0.0192. The van der Waals surface area contributed by atoms with Crippen LogP contribution in [0, 0.1) is 0 Å². The highest BCUT2D eigenvalue weighted by atomic mass is 16.3. The second-order valence-corrected chi connectivity index (χ2v) is 3.35. The standard InChI is InChI=1S/C8H20N2O2/c1-3-7(4-11)10-8(2,5-9)6-12/h7,10-12H,3-6,9H2,1-2H3. The van der Waals surface area contributed by atoms with E-state index in [1.807, 2.05) is 13.8 Å². The van der Waals surface area contributed by atoms with Crippen LogP contribution in [0.4, 0.5) is 0 Å². The normalized spacial score (nSPS) is 18.8. The Labute approximate surface area is 73.8 Å². The highest BCUT2D eigenvalue weighted by Crippen LogP contribution is 2.03. The molecule has 5 N–H and O–H groups in total. The van der Waals surface area contributed by atoms with Crippen molar-refractivity contribution in [1.82, 2.24) is 5.32 Å². The van der Waals surface area contributed by atoms with E-state index in [2.05, 4.69) is 5.32 Å².